The van der Waals surface area contributed by atoms with Crippen molar-refractivity contribution in [2.45, 2.75) is 31.6 Å². The van der Waals surface area contributed by atoms with Gasteiger partial charge in [0.05, 0.1) is 18.1 Å². The molecule has 2 fully saturated rings. The molecule has 2 aromatic rings. The molecule has 0 aliphatic carbocycles. The third-order valence-corrected chi connectivity index (χ3v) is 8.16. The summed E-state index contributed by atoms with van der Waals surface area (Å²) >= 11 is 0. The van der Waals surface area contributed by atoms with Gasteiger partial charge in [0.15, 0.2) is 0 Å². The number of anilines is 1. The first-order valence-corrected chi connectivity index (χ1v) is 12.6. The second kappa shape index (κ2) is 9.62. The average Bonchev–Trinajstić information content (AvgIpc) is 3.36. The van der Waals surface area contributed by atoms with Gasteiger partial charge in [0.1, 0.15) is 0 Å². The van der Waals surface area contributed by atoms with Crippen LogP contribution in [0.4, 0.5) is 5.69 Å². The van der Waals surface area contributed by atoms with Crippen LogP contribution in [0.15, 0.2) is 41.3 Å². The first-order valence-electron chi connectivity index (χ1n) is 11.2. The topological polar surface area (TPSA) is 96.0 Å². The Morgan fingerprint density at radius 1 is 0.939 bits per heavy atom. The summed E-state index contributed by atoms with van der Waals surface area (Å²) in [6.45, 7) is 6.35. The summed E-state index contributed by atoms with van der Waals surface area (Å²) in [6.07, 6.45) is 2.01. The first-order chi connectivity index (χ1) is 15.8. The molecule has 2 aromatic carbocycles. The number of sulfonamides is 1. The lowest BCUT2D eigenvalue weighted by molar-refractivity contribution is 0.0730. The molecule has 4 rings (SSSR count). The van der Waals surface area contributed by atoms with Gasteiger partial charge in [-0.3, -0.25) is 9.59 Å². The lowest BCUT2D eigenvalue weighted by Crippen LogP contribution is -2.40. The Balaban J connectivity index is 1.58. The van der Waals surface area contributed by atoms with E-state index in [1.165, 1.54) is 16.4 Å². The molecular formula is C24H29N3O5S. The molecule has 8 nitrogen and oxygen atoms in total. The van der Waals surface area contributed by atoms with Crippen LogP contribution in [0.5, 0.6) is 0 Å². The van der Waals surface area contributed by atoms with Crippen molar-refractivity contribution in [2.75, 3.05) is 44.7 Å². The summed E-state index contributed by atoms with van der Waals surface area (Å²) in [5.41, 5.74) is 2.73. The van der Waals surface area contributed by atoms with Gasteiger partial charge in [0.2, 0.25) is 10.0 Å². The fraction of sp³-hybridized carbons (Fsp3) is 0.417. The molecule has 2 aliphatic heterocycles. The van der Waals surface area contributed by atoms with E-state index in [9.17, 15) is 18.0 Å². The highest BCUT2D eigenvalue weighted by molar-refractivity contribution is 7.89. The van der Waals surface area contributed by atoms with Gasteiger partial charge in [-0.2, -0.15) is 4.31 Å². The largest absolute Gasteiger partial charge is 0.379 e. The van der Waals surface area contributed by atoms with E-state index >= 15 is 0 Å². The number of carbonyl (C=O) groups excluding carboxylic acids is 2. The third kappa shape index (κ3) is 4.80. The minimum atomic E-state index is -3.72. The zero-order valence-electron chi connectivity index (χ0n) is 19.0. The van der Waals surface area contributed by atoms with Crippen LogP contribution < -0.4 is 5.32 Å². The monoisotopic (exact) mass is 471 g/mol. The van der Waals surface area contributed by atoms with Crippen LogP contribution in [0.3, 0.4) is 0 Å². The molecule has 0 bridgehead atoms. The minimum absolute atomic E-state index is 0.0316. The normalized spacial score (nSPS) is 17.2. The van der Waals surface area contributed by atoms with Crippen molar-refractivity contribution in [1.82, 2.24) is 9.21 Å². The van der Waals surface area contributed by atoms with E-state index in [2.05, 4.69) is 5.32 Å². The second-order valence-corrected chi connectivity index (χ2v) is 10.4. The average molecular weight is 472 g/mol. The van der Waals surface area contributed by atoms with E-state index in [-0.39, 0.29) is 29.5 Å². The van der Waals surface area contributed by atoms with Gasteiger partial charge < -0.3 is 15.0 Å². The van der Waals surface area contributed by atoms with Gasteiger partial charge in [-0.05, 0) is 62.1 Å². The maximum Gasteiger partial charge on any atom is 0.255 e. The lowest BCUT2D eigenvalue weighted by Gasteiger charge is -2.26. The molecule has 9 heteroatoms. The highest BCUT2D eigenvalue weighted by Gasteiger charge is 2.28. The van der Waals surface area contributed by atoms with E-state index in [1.54, 1.807) is 31.2 Å². The van der Waals surface area contributed by atoms with E-state index in [0.29, 0.717) is 35.6 Å². The SMILES string of the molecule is Cc1ccc(S(=O)(=O)N2CCOCC2)cc1C(=O)Nc1cccc(C(=O)N2CCCC2)c1C. The molecule has 1 N–H and O–H groups in total. The van der Waals surface area contributed by atoms with Gasteiger partial charge in [-0.1, -0.05) is 12.1 Å². The van der Waals surface area contributed by atoms with Crippen LogP contribution in [0.2, 0.25) is 0 Å². The molecule has 176 valence electrons. The van der Waals surface area contributed by atoms with Crippen molar-refractivity contribution < 1.29 is 22.7 Å². The fourth-order valence-electron chi connectivity index (χ4n) is 4.23. The molecule has 0 unspecified atom stereocenters. The van der Waals surface area contributed by atoms with Crippen LogP contribution >= 0.6 is 0 Å². The summed E-state index contributed by atoms with van der Waals surface area (Å²) in [5, 5.41) is 2.87. The highest BCUT2D eigenvalue weighted by Crippen LogP contribution is 2.25. The van der Waals surface area contributed by atoms with Crippen molar-refractivity contribution in [3.8, 4) is 0 Å². The van der Waals surface area contributed by atoms with E-state index in [0.717, 1.165) is 25.9 Å². The first kappa shape index (κ1) is 23.4. The zero-order valence-corrected chi connectivity index (χ0v) is 19.8. The van der Waals surface area contributed by atoms with Gasteiger partial charge in [-0.15, -0.1) is 0 Å². The molecule has 2 amide bonds. The number of nitrogens with zero attached hydrogens (tertiary/aromatic N) is 2. The Morgan fingerprint density at radius 2 is 1.64 bits per heavy atom. The fourth-order valence-corrected chi connectivity index (χ4v) is 5.66. The maximum absolute atomic E-state index is 13.1. The molecule has 2 heterocycles. The predicted molar refractivity (Wildman–Crippen MR) is 125 cm³/mol. The van der Waals surface area contributed by atoms with Crippen LogP contribution in [-0.4, -0.2) is 68.8 Å². The molecule has 0 radical (unpaired) electrons. The molecule has 0 aromatic heterocycles. The Bertz CT molecular complexity index is 1170. The quantitative estimate of drug-likeness (QED) is 0.724. The number of benzene rings is 2. The van der Waals surface area contributed by atoms with Crippen LogP contribution in [0, 0.1) is 13.8 Å². The number of carbonyl (C=O) groups is 2. The van der Waals surface area contributed by atoms with Crippen LogP contribution in [0.25, 0.3) is 0 Å². The van der Waals surface area contributed by atoms with E-state index in [4.69, 9.17) is 4.74 Å². The van der Waals surface area contributed by atoms with E-state index in [1.807, 2.05) is 11.8 Å². The van der Waals surface area contributed by atoms with Gasteiger partial charge >= 0.3 is 0 Å². The van der Waals surface area contributed by atoms with Crippen molar-refractivity contribution in [3.63, 3.8) is 0 Å². The number of likely N-dealkylation sites (tertiary alicyclic amines) is 1. The number of hydrogen-bond donors (Lipinski definition) is 1. The number of nitrogens with one attached hydrogen (secondary N) is 1. The number of rotatable bonds is 5. The van der Waals surface area contributed by atoms with Crippen molar-refractivity contribution in [3.05, 3.63) is 58.7 Å². The maximum atomic E-state index is 13.1. The summed E-state index contributed by atoms with van der Waals surface area (Å²) in [6, 6.07) is 9.85. The summed E-state index contributed by atoms with van der Waals surface area (Å²) < 4.78 is 32.7. The van der Waals surface area contributed by atoms with Crippen molar-refractivity contribution in [1.29, 1.82) is 0 Å². The molecule has 2 saturated heterocycles. The predicted octanol–water partition coefficient (Wildman–Crippen LogP) is 2.81. The smallest absolute Gasteiger partial charge is 0.255 e. The number of aryl methyl sites for hydroxylation is 1. The zero-order chi connectivity index (χ0) is 23.6. The van der Waals surface area contributed by atoms with Gasteiger partial charge in [-0.25, -0.2) is 8.42 Å². The Morgan fingerprint density at radius 3 is 2.33 bits per heavy atom. The number of hydrogen-bond acceptors (Lipinski definition) is 5. The van der Waals surface area contributed by atoms with Crippen molar-refractivity contribution >= 4 is 27.5 Å². The van der Waals surface area contributed by atoms with Crippen molar-refractivity contribution in [2.24, 2.45) is 0 Å². The standard InChI is InChI=1S/C24H29N3O5S/c1-17-8-9-19(33(30,31)27-12-14-32-15-13-27)16-21(17)23(28)25-22-7-5-6-20(18(22)2)24(29)26-10-3-4-11-26/h5-9,16H,3-4,10-15H2,1-2H3,(H,25,28). The summed E-state index contributed by atoms with van der Waals surface area (Å²) in [5.74, 6) is -0.448. The van der Waals surface area contributed by atoms with Gasteiger partial charge in [0.25, 0.3) is 11.8 Å². The molecular weight excluding hydrogens is 442 g/mol. The van der Waals surface area contributed by atoms with Gasteiger partial charge in [0, 0.05) is 43.0 Å². The summed E-state index contributed by atoms with van der Waals surface area (Å²) in [7, 11) is -3.72. The second-order valence-electron chi connectivity index (χ2n) is 8.42. The third-order valence-electron chi connectivity index (χ3n) is 6.27. The lowest BCUT2D eigenvalue weighted by atomic mass is 10.0. The Kier molecular flexibility index (Phi) is 6.83. The minimum Gasteiger partial charge on any atom is -0.379 e. The molecule has 33 heavy (non-hydrogen) atoms. The molecule has 0 saturated carbocycles. The number of amides is 2. The Hall–Kier alpha value is -2.75. The number of ether oxygens (including phenoxy) is 1. The molecule has 0 atom stereocenters. The number of morpholine rings is 1. The highest BCUT2D eigenvalue weighted by atomic mass is 32.2. The van der Waals surface area contributed by atoms with Crippen LogP contribution in [-0.2, 0) is 14.8 Å². The Labute approximate surface area is 194 Å². The molecule has 0 spiro atoms. The van der Waals surface area contributed by atoms with Crippen LogP contribution in [0.1, 0.15) is 44.7 Å². The molecule has 2 aliphatic rings. The van der Waals surface area contributed by atoms with E-state index < -0.39 is 15.9 Å². The summed E-state index contributed by atoms with van der Waals surface area (Å²) in [4.78, 5) is 27.9.